The van der Waals surface area contributed by atoms with Crippen molar-refractivity contribution < 1.29 is 13.5 Å². The Kier molecular flexibility index (Phi) is 4.46. The molecule has 0 aromatic heterocycles. The minimum atomic E-state index is -3.29. The number of sulfonamides is 1. The largest absolute Gasteiger partial charge is 0.392 e. The van der Waals surface area contributed by atoms with Crippen LogP contribution in [0.15, 0.2) is 24.3 Å². The van der Waals surface area contributed by atoms with Gasteiger partial charge in [0, 0.05) is 6.04 Å². The Balaban J connectivity index is 2.80. The first kappa shape index (κ1) is 13.2. The molecule has 0 atom stereocenters. The first-order valence-electron chi connectivity index (χ1n) is 5.11. The van der Waals surface area contributed by atoms with Crippen LogP contribution in [-0.4, -0.2) is 19.6 Å². The molecule has 0 aliphatic rings. The third-order valence-corrected chi connectivity index (χ3v) is 3.49. The molecule has 16 heavy (non-hydrogen) atoms. The standard InChI is InChI=1S/C11H17NO3S/c1-9(2)12-16(14,15)8-11-5-3-4-10(6-11)7-13/h3-6,9,12-13H,7-8H2,1-2H3. The van der Waals surface area contributed by atoms with Crippen LogP contribution in [0.4, 0.5) is 0 Å². The minimum absolute atomic E-state index is 0.0565. The fourth-order valence-electron chi connectivity index (χ4n) is 1.44. The van der Waals surface area contributed by atoms with Gasteiger partial charge in [0.15, 0.2) is 0 Å². The van der Waals surface area contributed by atoms with Crippen LogP contribution in [0.25, 0.3) is 0 Å². The maximum Gasteiger partial charge on any atom is 0.216 e. The second-order valence-electron chi connectivity index (χ2n) is 4.01. The van der Waals surface area contributed by atoms with E-state index in [9.17, 15) is 8.42 Å². The Labute approximate surface area is 96.4 Å². The van der Waals surface area contributed by atoms with Gasteiger partial charge in [0.2, 0.25) is 10.0 Å². The Bertz CT molecular complexity index is 440. The molecule has 0 aliphatic carbocycles. The molecule has 2 N–H and O–H groups in total. The molecule has 4 nitrogen and oxygen atoms in total. The zero-order chi connectivity index (χ0) is 12.2. The quantitative estimate of drug-likeness (QED) is 0.811. The van der Waals surface area contributed by atoms with E-state index in [-0.39, 0.29) is 18.4 Å². The van der Waals surface area contributed by atoms with E-state index in [2.05, 4.69) is 4.72 Å². The van der Waals surface area contributed by atoms with Gasteiger partial charge in [-0.15, -0.1) is 0 Å². The third-order valence-electron chi connectivity index (χ3n) is 1.95. The number of aliphatic hydroxyl groups is 1. The molecule has 0 fully saturated rings. The van der Waals surface area contributed by atoms with Crippen molar-refractivity contribution in [2.75, 3.05) is 0 Å². The van der Waals surface area contributed by atoms with Gasteiger partial charge < -0.3 is 5.11 Å². The number of hydrogen-bond acceptors (Lipinski definition) is 3. The molecule has 0 saturated heterocycles. The number of nitrogens with one attached hydrogen (secondary N) is 1. The second-order valence-corrected chi connectivity index (χ2v) is 5.76. The summed E-state index contributed by atoms with van der Waals surface area (Å²) in [6.45, 7) is 3.48. The summed E-state index contributed by atoms with van der Waals surface area (Å²) >= 11 is 0. The molecule has 0 amide bonds. The van der Waals surface area contributed by atoms with Crippen LogP contribution in [0.2, 0.25) is 0 Å². The van der Waals surface area contributed by atoms with Crippen molar-refractivity contribution in [3.8, 4) is 0 Å². The predicted octanol–water partition coefficient (Wildman–Crippen LogP) is 1.01. The SMILES string of the molecule is CC(C)NS(=O)(=O)Cc1cccc(CO)c1. The van der Waals surface area contributed by atoms with Crippen molar-refractivity contribution in [2.24, 2.45) is 0 Å². The van der Waals surface area contributed by atoms with Gasteiger partial charge in [-0.05, 0) is 25.0 Å². The molecule has 90 valence electrons. The number of benzene rings is 1. The molecule has 5 heteroatoms. The zero-order valence-corrected chi connectivity index (χ0v) is 10.3. The summed E-state index contributed by atoms with van der Waals surface area (Å²) in [6, 6.07) is 6.82. The lowest BCUT2D eigenvalue weighted by Crippen LogP contribution is -2.31. The van der Waals surface area contributed by atoms with E-state index in [1.54, 1.807) is 38.1 Å². The van der Waals surface area contributed by atoms with Gasteiger partial charge in [0.05, 0.1) is 12.4 Å². The molecular formula is C11H17NO3S. The molecule has 0 radical (unpaired) electrons. The summed E-state index contributed by atoms with van der Waals surface area (Å²) in [4.78, 5) is 0. The van der Waals surface area contributed by atoms with Crippen LogP contribution < -0.4 is 4.72 Å². The van der Waals surface area contributed by atoms with Gasteiger partial charge in [-0.3, -0.25) is 0 Å². The summed E-state index contributed by atoms with van der Waals surface area (Å²) in [6.07, 6.45) is 0. The highest BCUT2D eigenvalue weighted by Gasteiger charge is 2.12. The average Bonchev–Trinajstić information content (AvgIpc) is 2.15. The lowest BCUT2D eigenvalue weighted by atomic mass is 10.1. The molecule has 0 saturated carbocycles. The molecule has 1 rings (SSSR count). The van der Waals surface area contributed by atoms with E-state index in [0.29, 0.717) is 5.56 Å². The first-order valence-corrected chi connectivity index (χ1v) is 6.77. The zero-order valence-electron chi connectivity index (χ0n) is 9.47. The number of hydrogen-bond donors (Lipinski definition) is 2. The molecule has 1 aromatic carbocycles. The maximum absolute atomic E-state index is 11.6. The highest BCUT2D eigenvalue weighted by Crippen LogP contribution is 2.09. The Morgan fingerprint density at radius 1 is 1.31 bits per heavy atom. The van der Waals surface area contributed by atoms with Crippen molar-refractivity contribution in [1.82, 2.24) is 4.72 Å². The predicted molar refractivity (Wildman–Crippen MR) is 63.3 cm³/mol. The van der Waals surface area contributed by atoms with Gasteiger partial charge in [-0.2, -0.15) is 0 Å². The monoisotopic (exact) mass is 243 g/mol. The summed E-state index contributed by atoms with van der Waals surface area (Å²) in [5.41, 5.74) is 1.40. The molecule has 0 unspecified atom stereocenters. The fourth-order valence-corrected chi connectivity index (χ4v) is 2.86. The topological polar surface area (TPSA) is 66.4 Å². The van der Waals surface area contributed by atoms with Crippen LogP contribution in [-0.2, 0) is 22.4 Å². The molecule has 0 spiro atoms. The van der Waals surface area contributed by atoms with Crippen LogP contribution in [0.5, 0.6) is 0 Å². The van der Waals surface area contributed by atoms with Gasteiger partial charge in [-0.25, -0.2) is 13.1 Å². The lowest BCUT2D eigenvalue weighted by Gasteiger charge is -2.09. The van der Waals surface area contributed by atoms with Gasteiger partial charge >= 0.3 is 0 Å². The fraction of sp³-hybridized carbons (Fsp3) is 0.455. The van der Waals surface area contributed by atoms with Crippen molar-refractivity contribution in [3.05, 3.63) is 35.4 Å². The van der Waals surface area contributed by atoms with Gasteiger partial charge in [-0.1, -0.05) is 24.3 Å². The Morgan fingerprint density at radius 3 is 2.50 bits per heavy atom. The van der Waals surface area contributed by atoms with Crippen LogP contribution in [0, 0.1) is 0 Å². The Hall–Kier alpha value is -0.910. The highest BCUT2D eigenvalue weighted by atomic mass is 32.2. The average molecular weight is 243 g/mol. The van der Waals surface area contributed by atoms with E-state index in [1.807, 2.05) is 0 Å². The Morgan fingerprint density at radius 2 is 1.94 bits per heavy atom. The van der Waals surface area contributed by atoms with Gasteiger partial charge in [0.1, 0.15) is 0 Å². The maximum atomic E-state index is 11.6. The minimum Gasteiger partial charge on any atom is -0.392 e. The summed E-state index contributed by atoms with van der Waals surface area (Å²) in [7, 11) is -3.29. The second kappa shape index (κ2) is 5.43. The summed E-state index contributed by atoms with van der Waals surface area (Å²) in [5.74, 6) is -0.0565. The smallest absolute Gasteiger partial charge is 0.216 e. The van der Waals surface area contributed by atoms with E-state index < -0.39 is 10.0 Å². The van der Waals surface area contributed by atoms with Crippen LogP contribution in [0.1, 0.15) is 25.0 Å². The summed E-state index contributed by atoms with van der Waals surface area (Å²) in [5, 5.41) is 8.94. The van der Waals surface area contributed by atoms with E-state index in [4.69, 9.17) is 5.11 Å². The summed E-state index contributed by atoms with van der Waals surface area (Å²) < 4.78 is 25.8. The van der Waals surface area contributed by atoms with E-state index >= 15 is 0 Å². The van der Waals surface area contributed by atoms with E-state index in [1.165, 1.54) is 0 Å². The van der Waals surface area contributed by atoms with Crippen LogP contribution >= 0.6 is 0 Å². The number of aliphatic hydroxyl groups excluding tert-OH is 1. The first-order chi connectivity index (χ1) is 7.43. The lowest BCUT2D eigenvalue weighted by molar-refractivity contribution is 0.282. The van der Waals surface area contributed by atoms with E-state index in [0.717, 1.165) is 5.56 Å². The van der Waals surface area contributed by atoms with Gasteiger partial charge in [0.25, 0.3) is 0 Å². The molecule has 0 bridgehead atoms. The van der Waals surface area contributed by atoms with Crippen LogP contribution in [0.3, 0.4) is 0 Å². The highest BCUT2D eigenvalue weighted by molar-refractivity contribution is 7.88. The third kappa shape index (κ3) is 4.30. The van der Waals surface area contributed by atoms with Crippen molar-refractivity contribution in [2.45, 2.75) is 32.2 Å². The molecule has 1 aromatic rings. The normalized spacial score (nSPS) is 12.0. The molecule has 0 aliphatic heterocycles. The van der Waals surface area contributed by atoms with Crippen molar-refractivity contribution in [3.63, 3.8) is 0 Å². The number of rotatable bonds is 5. The van der Waals surface area contributed by atoms with Crippen molar-refractivity contribution >= 4 is 10.0 Å². The van der Waals surface area contributed by atoms with Crippen molar-refractivity contribution in [1.29, 1.82) is 0 Å². The molecular weight excluding hydrogens is 226 g/mol. The molecule has 0 heterocycles.